The standard InChI is InChI=1S/C19H24O/c1-15(2)17-11-13-18(14-12-17)19(20)10-6-9-16-7-4-3-5-8-16/h3-5,7-8,11-15,19-20H,6,9-10H2,1-2H3. The maximum absolute atomic E-state index is 10.2. The van der Waals surface area contributed by atoms with Crippen molar-refractivity contribution in [2.24, 2.45) is 0 Å². The summed E-state index contributed by atoms with van der Waals surface area (Å²) in [5.41, 5.74) is 3.70. The van der Waals surface area contributed by atoms with Crippen molar-refractivity contribution in [1.29, 1.82) is 0 Å². The van der Waals surface area contributed by atoms with Gasteiger partial charge in [0.25, 0.3) is 0 Å². The normalized spacial score (nSPS) is 12.6. The van der Waals surface area contributed by atoms with Gasteiger partial charge in [-0.2, -0.15) is 0 Å². The summed E-state index contributed by atoms with van der Waals surface area (Å²) >= 11 is 0. The molecule has 1 nitrogen and oxygen atoms in total. The molecule has 106 valence electrons. The Labute approximate surface area is 122 Å². The van der Waals surface area contributed by atoms with Crippen molar-refractivity contribution in [2.75, 3.05) is 0 Å². The van der Waals surface area contributed by atoms with Crippen molar-refractivity contribution in [3.8, 4) is 0 Å². The first-order valence-electron chi connectivity index (χ1n) is 7.48. The van der Waals surface area contributed by atoms with Crippen LogP contribution in [0.2, 0.25) is 0 Å². The lowest BCUT2D eigenvalue weighted by Gasteiger charge is -2.12. The Hall–Kier alpha value is -1.60. The average Bonchev–Trinajstić information content (AvgIpc) is 2.48. The Kier molecular flexibility index (Phi) is 5.37. The van der Waals surface area contributed by atoms with E-state index in [0.717, 1.165) is 24.8 Å². The highest BCUT2D eigenvalue weighted by Crippen LogP contribution is 2.22. The van der Waals surface area contributed by atoms with Gasteiger partial charge in [0.15, 0.2) is 0 Å². The van der Waals surface area contributed by atoms with Crippen LogP contribution in [0.1, 0.15) is 55.4 Å². The van der Waals surface area contributed by atoms with Crippen LogP contribution < -0.4 is 0 Å². The molecule has 20 heavy (non-hydrogen) atoms. The molecule has 1 unspecified atom stereocenters. The molecule has 0 spiro atoms. The molecule has 1 N–H and O–H groups in total. The van der Waals surface area contributed by atoms with Crippen LogP contribution in [0, 0.1) is 0 Å². The second kappa shape index (κ2) is 7.25. The lowest BCUT2D eigenvalue weighted by molar-refractivity contribution is 0.164. The number of aliphatic hydroxyl groups excluding tert-OH is 1. The van der Waals surface area contributed by atoms with Crippen molar-refractivity contribution < 1.29 is 5.11 Å². The van der Waals surface area contributed by atoms with E-state index in [9.17, 15) is 5.11 Å². The Morgan fingerprint density at radius 1 is 0.850 bits per heavy atom. The van der Waals surface area contributed by atoms with Crippen LogP contribution in [0.15, 0.2) is 54.6 Å². The summed E-state index contributed by atoms with van der Waals surface area (Å²) in [4.78, 5) is 0. The minimum absolute atomic E-state index is 0.347. The molecule has 0 bridgehead atoms. The van der Waals surface area contributed by atoms with E-state index in [1.165, 1.54) is 11.1 Å². The summed E-state index contributed by atoms with van der Waals surface area (Å²) in [6.45, 7) is 4.37. The smallest absolute Gasteiger partial charge is 0.0790 e. The minimum atomic E-state index is -0.347. The number of aryl methyl sites for hydroxylation is 1. The summed E-state index contributed by atoms with van der Waals surface area (Å²) < 4.78 is 0. The third-order valence-corrected chi connectivity index (χ3v) is 3.77. The molecule has 0 saturated heterocycles. The summed E-state index contributed by atoms with van der Waals surface area (Å²) in [6, 6.07) is 18.8. The molecule has 2 rings (SSSR count). The van der Waals surface area contributed by atoms with E-state index in [-0.39, 0.29) is 6.10 Å². The van der Waals surface area contributed by atoms with E-state index in [2.05, 4.69) is 62.4 Å². The fraction of sp³-hybridized carbons (Fsp3) is 0.368. The molecule has 2 aromatic carbocycles. The highest BCUT2D eigenvalue weighted by molar-refractivity contribution is 5.26. The van der Waals surface area contributed by atoms with Crippen molar-refractivity contribution in [2.45, 2.75) is 45.1 Å². The van der Waals surface area contributed by atoms with E-state index >= 15 is 0 Å². The number of hydrogen-bond donors (Lipinski definition) is 1. The number of rotatable bonds is 6. The molecule has 0 saturated carbocycles. The molecule has 0 radical (unpaired) electrons. The minimum Gasteiger partial charge on any atom is -0.388 e. The lowest BCUT2D eigenvalue weighted by atomic mass is 9.97. The molecule has 2 aromatic rings. The Morgan fingerprint density at radius 2 is 1.45 bits per heavy atom. The van der Waals surface area contributed by atoms with Gasteiger partial charge in [0.05, 0.1) is 6.10 Å². The van der Waals surface area contributed by atoms with Gasteiger partial charge < -0.3 is 5.11 Å². The van der Waals surface area contributed by atoms with Gasteiger partial charge in [0.2, 0.25) is 0 Å². The zero-order chi connectivity index (χ0) is 14.4. The summed E-state index contributed by atoms with van der Waals surface area (Å²) in [5, 5.41) is 10.2. The fourth-order valence-electron chi connectivity index (χ4n) is 2.41. The highest BCUT2D eigenvalue weighted by atomic mass is 16.3. The van der Waals surface area contributed by atoms with Gasteiger partial charge in [-0.3, -0.25) is 0 Å². The molecule has 0 aliphatic heterocycles. The monoisotopic (exact) mass is 268 g/mol. The van der Waals surface area contributed by atoms with Crippen molar-refractivity contribution in [3.63, 3.8) is 0 Å². The van der Waals surface area contributed by atoms with E-state index in [1.54, 1.807) is 0 Å². The Morgan fingerprint density at radius 3 is 2.05 bits per heavy atom. The molecular weight excluding hydrogens is 244 g/mol. The molecule has 0 amide bonds. The van der Waals surface area contributed by atoms with Crippen LogP contribution >= 0.6 is 0 Å². The number of aliphatic hydroxyl groups is 1. The fourth-order valence-corrected chi connectivity index (χ4v) is 2.41. The summed E-state index contributed by atoms with van der Waals surface area (Å²) in [6.07, 6.45) is 2.51. The van der Waals surface area contributed by atoms with E-state index in [1.807, 2.05) is 6.07 Å². The zero-order valence-electron chi connectivity index (χ0n) is 12.4. The van der Waals surface area contributed by atoms with Crippen LogP contribution in [-0.4, -0.2) is 5.11 Å². The Bertz CT molecular complexity index is 499. The van der Waals surface area contributed by atoms with E-state index in [0.29, 0.717) is 5.92 Å². The van der Waals surface area contributed by atoms with Crippen LogP contribution in [0.5, 0.6) is 0 Å². The predicted molar refractivity (Wildman–Crippen MR) is 84.9 cm³/mol. The quantitative estimate of drug-likeness (QED) is 0.792. The number of benzene rings is 2. The van der Waals surface area contributed by atoms with Gasteiger partial charge in [-0.15, -0.1) is 0 Å². The largest absolute Gasteiger partial charge is 0.388 e. The van der Waals surface area contributed by atoms with Crippen LogP contribution in [0.4, 0.5) is 0 Å². The topological polar surface area (TPSA) is 20.2 Å². The van der Waals surface area contributed by atoms with E-state index < -0.39 is 0 Å². The molecule has 0 fully saturated rings. The van der Waals surface area contributed by atoms with Crippen molar-refractivity contribution in [3.05, 3.63) is 71.3 Å². The van der Waals surface area contributed by atoms with Gasteiger partial charge in [0.1, 0.15) is 0 Å². The molecule has 1 atom stereocenters. The molecule has 0 aliphatic rings. The van der Waals surface area contributed by atoms with Crippen LogP contribution in [0.3, 0.4) is 0 Å². The lowest BCUT2D eigenvalue weighted by Crippen LogP contribution is -1.99. The first-order chi connectivity index (χ1) is 9.66. The molecule has 0 heterocycles. The Balaban J connectivity index is 1.84. The predicted octanol–water partition coefficient (Wildman–Crippen LogP) is 4.87. The average molecular weight is 268 g/mol. The highest BCUT2D eigenvalue weighted by Gasteiger charge is 2.08. The molecule has 1 heteroatoms. The second-order valence-corrected chi connectivity index (χ2v) is 5.71. The van der Waals surface area contributed by atoms with Gasteiger partial charge in [-0.25, -0.2) is 0 Å². The van der Waals surface area contributed by atoms with E-state index in [4.69, 9.17) is 0 Å². The van der Waals surface area contributed by atoms with Gasteiger partial charge in [-0.05, 0) is 41.9 Å². The third-order valence-electron chi connectivity index (χ3n) is 3.77. The zero-order valence-corrected chi connectivity index (χ0v) is 12.4. The van der Waals surface area contributed by atoms with Gasteiger partial charge in [0, 0.05) is 0 Å². The van der Waals surface area contributed by atoms with Crippen LogP contribution in [0.25, 0.3) is 0 Å². The first-order valence-corrected chi connectivity index (χ1v) is 7.48. The maximum Gasteiger partial charge on any atom is 0.0790 e. The van der Waals surface area contributed by atoms with Crippen molar-refractivity contribution >= 4 is 0 Å². The summed E-state index contributed by atoms with van der Waals surface area (Å²) in [7, 11) is 0. The van der Waals surface area contributed by atoms with Crippen LogP contribution in [-0.2, 0) is 6.42 Å². The summed E-state index contributed by atoms with van der Waals surface area (Å²) in [5.74, 6) is 0.541. The second-order valence-electron chi connectivity index (χ2n) is 5.71. The first kappa shape index (κ1) is 14.8. The SMILES string of the molecule is CC(C)c1ccc(C(O)CCCc2ccccc2)cc1. The maximum atomic E-state index is 10.2. The van der Waals surface area contributed by atoms with Gasteiger partial charge >= 0.3 is 0 Å². The molecule has 0 aliphatic carbocycles. The van der Waals surface area contributed by atoms with Gasteiger partial charge in [-0.1, -0.05) is 68.4 Å². The molecule has 0 aromatic heterocycles. The molecular formula is C19H24O. The number of hydrogen-bond acceptors (Lipinski definition) is 1. The third kappa shape index (κ3) is 4.21. The van der Waals surface area contributed by atoms with Crippen molar-refractivity contribution in [1.82, 2.24) is 0 Å².